The Kier molecular flexibility index (Phi) is 6.14. The number of rotatable bonds is 7. The topological polar surface area (TPSA) is 55.7 Å². The van der Waals surface area contributed by atoms with Gasteiger partial charge < -0.3 is 4.90 Å². The molecule has 41 heavy (non-hydrogen) atoms. The highest BCUT2D eigenvalue weighted by Gasteiger charge is 2.51. The molecule has 0 aromatic heterocycles. The van der Waals surface area contributed by atoms with Crippen LogP contribution >= 0.6 is 0 Å². The number of benzene rings is 1. The quantitative estimate of drug-likeness (QED) is 0.251. The number of nitrogens with zero attached hydrogens (tertiary/aromatic N) is 6. The van der Waals surface area contributed by atoms with Crippen LogP contribution in [-0.2, 0) is 0 Å². The zero-order chi connectivity index (χ0) is 28.5. The van der Waals surface area contributed by atoms with Crippen molar-refractivity contribution in [2.24, 2.45) is 26.0 Å². The molecule has 1 saturated carbocycles. The van der Waals surface area contributed by atoms with Gasteiger partial charge in [-0.15, -0.1) is 0 Å². The van der Waals surface area contributed by atoms with Gasteiger partial charge in [0.05, 0.1) is 17.3 Å². The number of azo groups is 2. The zero-order valence-corrected chi connectivity index (χ0v) is 23.3. The third-order valence-electron chi connectivity index (χ3n) is 8.97. The van der Waals surface area contributed by atoms with Crippen molar-refractivity contribution >= 4 is 23.1 Å². The highest BCUT2D eigenvalue weighted by atomic mass is 19.3. The first kappa shape index (κ1) is 26.1. The maximum absolute atomic E-state index is 13.9. The lowest BCUT2D eigenvalue weighted by atomic mass is 9.83. The van der Waals surface area contributed by atoms with Crippen LogP contribution in [-0.4, -0.2) is 45.5 Å². The molecule has 6 aliphatic rings. The maximum Gasteiger partial charge on any atom is 0.303 e. The molecule has 2 unspecified atom stereocenters. The summed E-state index contributed by atoms with van der Waals surface area (Å²) in [6.45, 7) is 14.3. The van der Waals surface area contributed by atoms with Crippen molar-refractivity contribution in [1.29, 1.82) is 0 Å². The SMILES string of the molecule is C=CC(=C)C1CCC2=C3[C](CCN(C(=C)C4=CN=C5N=C(C(C)(F)F)N=C5[CH]4)C3C1)[N+](c1ccc(C3CC3)cc1)=N2.[HH]. The van der Waals surface area contributed by atoms with Crippen LogP contribution in [0, 0.1) is 18.4 Å². The summed E-state index contributed by atoms with van der Waals surface area (Å²) in [5, 5.41) is 5.19. The molecule has 0 spiro atoms. The predicted molar refractivity (Wildman–Crippen MR) is 159 cm³/mol. The first-order chi connectivity index (χ1) is 19.7. The number of allylic oxidation sites excluding steroid dienone is 4. The van der Waals surface area contributed by atoms with Gasteiger partial charge in [0.1, 0.15) is 5.70 Å². The molecule has 1 aromatic rings. The van der Waals surface area contributed by atoms with Gasteiger partial charge in [0, 0.05) is 57.3 Å². The van der Waals surface area contributed by atoms with E-state index < -0.39 is 11.8 Å². The second-order valence-corrected chi connectivity index (χ2v) is 11.7. The smallest absolute Gasteiger partial charge is 0.303 e. The Morgan fingerprint density at radius 3 is 2.61 bits per heavy atom. The van der Waals surface area contributed by atoms with Crippen molar-refractivity contribution in [3.05, 3.63) is 102 Å². The van der Waals surface area contributed by atoms with Crippen molar-refractivity contribution in [2.75, 3.05) is 6.54 Å². The zero-order valence-electron chi connectivity index (χ0n) is 23.3. The Morgan fingerprint density at radius 2 is 1.90 bits per heavy atom. The second kappa shape index (κ2) is 9.64. The van der Waals surface area contributed by atoms with Crippen molar-refractivity contribution in [3.8, 4) is 0 Å². The first-order valence-corrected chi connectivity index (χ1v) is 14.4. The Balaban J connectivity index is 0.00000316. The fourth-order valence-corrected chi connectivity index (χ4v) is 6.53. The Hall–Kier alpha value is -3.81. The molecule has 0 N–H and O–H groups in total. The maximum atomic E-state index is 13.9. The number of hydrogen-bond donors (Lipinski definition) is 0. The van der Waals surface area contributed by atoms with Gasteiger partial charge in [0.2, 0.25) is 11.5 Å². The van der Waals surface area contributed by atoms with E-state index in [2.05, 4.69) is 68.6 Å². The third kappa shape index (κ3) is 4.57. The van der Waals surface area contributed by atoms with Crippen LogP contribution in [0.2, 0.25) is 0 Å². The molecule has 0 amide bonds. The van der Waals surface area contributed by atoms with Gasteiger partial charge in [0.15, 0.2) is 5.84 Å². The van der Waals surface area contributed by atoms with Crippen LogP contribution in [0.3, 0.4) is 0 Å². The van der Waals surface area contributed by atoms with E-state index in [1.54, 1.807) is 12.6 Å². The summed E-state index contributed by atoms with van der Waals surface area (Å²) in [5.74, 6) is -2.43. The summed E-state index contributed by atoms with van der Waals surface area (Å²) in [4.78, 5) is 14.7. The number of alkyl halides is 2. The summed E-state index contributed by atoms with van der Waals surface area (Å²) in [6, 6.07) is 10.2. The van der Waals surface area contributed by atoms with Gasteiger partial charge in [-0.25, -0.2) is 15.0 Å². The molecule has 4 heterocycles. The molecule has 0 bridgehead atoms. The summed E-state index contributed by atoms with van der Waals surface area (Å²) in [6.07, 6.45) is 11.4. The van der Waals surface area contributed by atoms with E-state index in [-0.39, 0.29) is 19.2 Å². The molecule has 2 aliphatic carbocycles. The van der Waals surface area contributed by atoms with Crippen LogP contribution in [0.25, 0.3) is 0 Å². The molecule has 2 fully saturated rings. The summed E-state index contributed by atoms with van der Waals surface area (Å²) in [5.41, 5.74) is 7.84. The monoisotopic (exact) mass is 553 g/mol. The van der Waals surface area contributed by atoms with Crippen molar-refractivity contribution in [2.45, 2.75) is 63.3 Å². The lowest BCUT2D eigenvalue weighted by Gasteiger charge is -2.41. The molecule has 1 saturated heterocycles. The average Bonchev–Trinajstić information content (AvgIpc) is 3.66. The van der Waals surface area contributed by atoms with Gasteiger partial charge in [-0.3, -0.25) is 0 Å². The fourth-order valence-electron chi connectivity index (χ4n) is 6.53. The largest absolute Gasteiger partial charge is 0.364 e. The van der Waals surface area contributed by atoms with Crippen LogP contribution in [0.1, 0.15) is 58.4 Å². The van der Waals surface area contributed by atoms with Crippen LogP contribution in [0.4, 0.5) is 14.5 Å². The standard InChI is InChI=1S/C33H33F2N6.H2/c1-5-19(2)23-10-13-26-30-28(41(39-26)25-11-8-22(9-12-25)21-6-7-21)14-15-40(29(30)17-23)20(3)24-16-27-31(36-18-24)38-32(37-27)33(4,34)35;/h5,8-9,11-12,16,18,21,23,29H,1-3,6-7,10,13-15,17H2,4H3;1H/q+1;. The molecular weight excluding hydrogens is 518 g/mol. The molecule has 210 valence electrons. The van der Waals surface area contributed by atoms with E-state index in [9.17, 15) is 8.78 Å². The Labute approximate surface area is 241 Å². The number of halogens is 2. The highest BCUT2D eigenvalue weighted by molar-refractivity contribution is 6.52. The number of likely N-dealkylation sites (tertiary alicyclic amines) is 1. The summed E-state index contributed by atoms with van der Waals surface area (Å²) < 4.78 is 29.9. The van der Waals surface area contributed by atoms with E-state index >= 15 is 0 Å². The highest BCUT2D eigenvalue weighted by Crippen LogP contribution is 2.50. The molecule has 4 aliphatic heterocycles. The number of hydrogen-bond acceptors (Lipinski definition) is 5. The van der Waals surface area contributed by atoms with E-state index in [1.165, 1.54) is 30.0 Å². The van der Waals surface area contributed by atoms with Crippen LogP contribution in [0.5, 0.6) is 0 Å². The number of amidine groups is 2. The number of fused-ring (bicyclic) bond motifs is 1. The second-order valence-electron chi connectivity index (χ2n) is 11.7. The molecule has 1 aromatic carbocycles. The fraction of sp³-hybridized carbons (Fsp3) is 0.364. The van der Waals surface area contributed by atoms with Gasteiger partial charge in [-0.2, -0.15) is 8.78 Å². The summed E-state index contributed by atoms with van der Waals surface area (Å²) >= 11 is 0. The van der Waals surface area contributed by atoms with Crippen LogP contribution < -0.4 is 0 Å². The molecule has 6 nitrogen and oxygen atoms in total. The Morgan fingerprint density at radius 1 is 1.12 bits per heavy atom. The molecular formula is C33H35F2N6+. The lowest BCUT2D eigenvalue weighted by Crippen LogP contribution is -2.45. The van der Waals surface area contributed by atoms with Gasteiger partial charge in [0.25, 0.3) is 6.04 Å². The van der Waals surface area contributed by atoms with Crippen molar-refractivity contribution in [1.82, 2.24) is 4.90 Å². The molecule has 2 radical (unpaired) electrons. The van der Waals surface area contributed by atoms with Crippen molar-refractivity contribution < 1.29 is 14.9 Å². The van der Waals surface area contributed by atoms with Crippen LogP contribution in [0.15, 0.2) is 104 Å². The average molecular weight is 554 g/mol. The van der Waals surface area contributed by atoms with Gasteiger partial charge in [-0.05, 0) is 54.6 Å². The predicted octanol–water partition coefficient (Wildman–Crippen LogP) is 7.84. The van der Waals surface area contributed by atoms with E-state index in [0.717, 1.165) is 67.4 Å². The molecule has 7 rings (SSSR count). The third-order valence-corrected chi connectivity index (χ3v) is 8.97. The number of aliphatic imine (C=N–C) groups is 3. The van der Waals surface area contributed by atoms with Crippen molar-refractivity contribution in [3.63, 3.8) is 0 Å². The van der Waals surface area contributed by atoms with E-state index in [1.807, 2.05) is 6.08 Å². The minimum atomic E-state index is -3.13. The minimum Gasteiger partial charge on any atom is -0.364 e. The molecule has 8 heteroatoms. The summed E-state index contributed by atoms with van der Waals surface area (Å²) in [7, 11) is 0. The molecule has 2 atom stereocenters. The van der Waals surface area contributed by atoms with Gasteiger partial charge >= 0.3 is 5.92 Å². The van der Waals surface area contributed by atoms with Gasteiger partial charge in [-0.1, -0.05) is 48.2 Å². The normalized spacial score (nSPS) is 25.8. The Bertz CT molecular complexity index is 1550. The minimum absolute atomic E-state index is 0. The van der Waals surface area contributed by atoms with E-state index in [0.29, 0.717) is 11.6 Å². The number of piperidine rings is 1. The lowest BCUT2D eigenvalue weighted by molar-refractivity contribution is -0.487. The van der Waals surface area contributed by atoms with E-state index in [4.69, 9.17) is 5.11 Å². The first-order valence-electron chi connectivity index (χ1n) is 14.4.